The fourth-order valence-electron chi connectivity index (χ4n) is 0.767. The third-order valence-corrected chi connectivity index (χ3v) is 2.04. The number of nitrogen functional groups attached to an aromatic ring is 1. The van der Waals surface area contributed by atoms with Crippen molar-refractivity contribution in [2.45, 2.75) is 0 Å². The van der Waals surface area contributed by atoms with E-state index in [2.05, 4.69) is 19.7 Å². The molecule has 6 nitrogen and oxygen atoms in total. The van der Waals surface area contributed by atoms with Crippen LogP contribution in [0.4, 0.5) is 5.95 Å². The Morgan fingerprint density at radius 2 is 2.42 bits per heavy atom. The molecule has 0 fully saturated rings. The van der Waals surface area contributed by atoms with Crippen molar-refractivity contribution in [2.75, 3.05) is 5.73 Å². The number of nitrogens with zero attached hydrogens (tertiary/aromatic N) is 5. The van der Waals surface area contributed by atoms with Crippen LogP contribution in [0, 0.1) is 0 Å². The SMILES string of the molecule is Cn1nc(-c2cnns2)nc1N. The van der Waals surface area contributed by atoms with Crippen LogP contribution in [-0.4, -0.2) is 24.4 Å². The summed E-state index contributed by atoms with van der Waals surface area (Å²) in [6.07, 6.45) is 1.61. The van der Waals surface area contributed by atoms with Crippen molar-refractivity contribution in [2.24, 2.45) is 7.05 Å². The maximum Gasteiger partial charge on any atom is 0.218 e. The van der Waals surface area contributed by atoms with Crippen molar-refractivity contribution in [3.05, 3.63) is 6.20 Å². The van der Waals surface area contributed by atoms with Crippen LogP contribution in [0.25, 0.3) is 10.7 Å². The monoisotopic (exact) mass is 182 g/mol. The maximum atomic E-state index is 5.50. The molecule has 0 spiro atoms. The first-order valence-corrected chi connectivity index (χ1v) is 3.99. The summed E-state index contributed by atoms with van der Waals surface area (Å²) in [5.41, 5.74) is 5.50. The summed E-state index contributed by atoms with van der Waals surface area (Å²) in [5, 5.41) is 7.74. The van der Waals surface area contributed by atoms with Gasteiger partial charge in [-0.05, 0) is 11.5 Å². The first-order valence-electron chi connectivity index (χ1n) is 3.21. The molecule has 62 valence electrons. The highest BCUT2D eigenvalue weighted by molar-refractivity contribution is 7.09. The Bertz CT molecular complexity index is 357. The summed E-state index contributed by atoms with van der Waals surface area (Å²) in [4.78, 5) is 4.83. The Balaban J connectivity index is 2.48. The Kier molecular flexibility index (Phi) is 1.51. The summed E-state index contributed by atoms with van der Waals surface area (Å²) in [6.45, 7) is 0. The third-order valence-electron chi connectivity index (χ3n) is 1.38. The van der Waals surface area contributed by atoms with Crippen LogP contribution >= 0.6 is 11.5 Å². The lowest BCUT2D eigenvalue weighted by atomic mass is 10.5. The molecule has 7 heteroatoms. The van der Waals surface area contributed by atoms with Crippen molar-refractivity contribution in [1.29, 1.82) is 0 Å². The quantitative estimate of drug-likeness (QED) is 0.666. The molecule has 0 aliphatic heterocycles. The van der Waals surface area contributed by atoms with Gasteiger partial charge in [-0.2, -0.15) is 4.98 Å². The van der Waals surface area contributed by atoms with Crippen molar-refractivity contribution < 1.29 is 0 Å². The van der Waals surface area contributed by atoms with Gasteiger partial charge in [-0.15, -0.1) is 10.2 Å². The third kappa shape index (κ3) is 1.03. The minimum Gasteiger partial charge on any atom is -0.368 e. The van der Waals surface area contributed by atoms with Crippen molar-refractivity contribution in [3.63, 3.8) is 0 Å². The number of aryl methyl sites for hydroxylation is 1. The van der Waals surface area contributed by atoms with Crippen LogP contribution in [0.1, 0.15) is 0 Å². The van der Waals surface area contributed by atoms with E-state index in [0.717, 1.165) is 4.88 Å². The summed E-state index contributed by atoms with van der Waals surface area (Å²) in [5.74, 6) is 0.961. The first-order chi connectivity index (χ1) is 5.77. The maximum absolute atomic E-state index is 5.50. The standard InChI is InChI=1S/C5H6N6S/c1-11-5(6)8-4(9-11)3-2-7-10-12-3/h2H,1H3,(H2,6,8,9). The molecule has 0 amide bonds. The molecule has 0 atom stereocenters. The second-order valence-electron chi connectivity index (χ2n) is 2.20. The van der Waals surface area contributed by atoms with E-state index in [1.165, 1.54) is 16.2 Å². The van der Waals surface area contributed by atoms with E-state index in [0.29, 0.717) is 11.8 Å². The highest BCUT2D eigenvalue weighted by Gasteiger charge is 2.07. The molecule has 2 heterocycles. The zero-order valence-electron chi connectivity index (χ0n) is 6.30. The summed E-state index contributed by atoms with van der Waals surface area (Å²) in [7, 11) is 1.74. The second kappa shape index (κ2) is 2.52. The first kappa shape index (κ1) is 7.17. The fraction of sp³-hybridized carbons (Fsp3) is 0.200. The fourth-order valence-corrected chi connectivity index (χ4v) is 1.21. The van der Waals surface area contributed by atoms with E-state index in [9.17, 15) is 0 Å². The lowest BCUT2D eigenvalue weighted by molar-refractivity contribution is 0.781. The Hall–Kier alpha value is -1.50. The number of rotatable bonds is 1. The second-order valence-corrected chi connectivity index (χ2v) is 2.98. The van der Waals surface area contributed by atoms with Gasteiger partial charge in [-0.25, -0.2) is 4.68 Å². The van der Waals surface area contributed by atoms with Crippen LogP contribution in [0.15, 0.2) is 6.20 Å². The van der Waals surface area contributed by atoms with Gasteiger partial charge in [-0.3, -0.25) is 0 Å². The smallest absolute Gasteiger partial charge is 0.218 e. The number of hydrogen-bond donors (Lipinski definition) is 1. The van der Waals surface area contributed by atoms with Crippen LogP contribution in [0.3, 0.4) is 0 Å². The van der Waals surface area contributed by atoms with Crippen LogP contribution < -0.4 is 5.73 Å². The topological polar surface area (TPSA) is 82.5 Å². The zero-order valence-corrected chi connectivity index (χ0v) is 7.12. The van der Waals surface area contributed by atoms with Gasteiger partial charge in [0.05, 0.1) is 6.20 Å². The average molecular weight is 182 g/mol. The van der Waals surface area contributed by atoms with Gasteiger partial charge in [0.2, 0.25) is 5.95 Å². The molecule has 12 heavy (non-hydrogen) atoms. The molecule has 0 aliphatic carbocycles. The van der Waals surface area contributed by atoms with Crippen molar-refractivity contribution >= 4 is 17.5 Å². The minimum absolute atomic E-state index is 0.387. The van der Waals surface area contributed by atoms with Crippen molar-refractivity contribution in [1.82, 2.24) is 24.4 Å². The van der Waals surface area contributed by atoms with E-state index in [1.54, 1.807) is 13.2 Å². The Morgan fingerprint density at radius 1 is 1.58 bits per heavy atom. The van der Waals surface area contributed by atoms with Gasteiger partial charge in [0.1, 0.15) is 4.88 Å². The number of nitrogens with two attached hydrogens (primary N) is 1. The van der Waals surface area contributed by atoms with Crippen molar-refractivity contribution in [3.8, 4) is 10.7 Å². The van der Waals surface area contributed by atoms with E-state index < -0.39 is 0 Å². The van der Waals surface area contributed by atoms with Gasteiger partial charge in [0.15, 0.2) is 5.82 Å². The molecule has 2 N–H and O–H groups in total. The number of hydrogen-bond acceptors (Lipinski definition) is 6. The Morgan fingerprint density at radius 3 is 2.92 bits per heavy atom. The molecule has 0 radical (unpaired) electrons. The molecular formula is C5H6N6S. The normalized spacial score (nSPS) is 10.4. The summed E-state index contributed by atoms with van der Waals surface area (Å²) >= 11 is 1.24. The Labute approximate surface area is 72.2 Å². The lowest BCUT2D eigenvalue weighted by Gasteiger charge is -1.85. The predicted molar refractivity (Wildman–Crippen MR) is 44.3 cm³/mol. The molecule has 0 aliphatic rings. The van der Waals surface area contributed by atoms with Gasteiger partial charge in [-0.1, -0.05) is 4.49 Å². The molecule has 2 aromatic rings. The average Bonchev–Trinajstić information content (AvgIpc) is 2.61. The molecule has 2 aromatic heterocycles. The van der Waals surface area contributed by atoms with Crippen LogP contribution in [0.5, 0.6) is 0 Å². The van der Waals surface area contributed by atoms with E-state index in [4.69, 9.17) is 5.73 Å². The van der Waals surface area contributed by atoms with E-state index >= 15 is 0 Å². The van der Waals surface area contributed by atoms with Gasteiger partial charge in [0.25, 0.3) is 0 Å². The summed E-state index contributed by atoms with van der Waals surface area (Å²) in [6, 6.07) is 0. The molecule has 0 saturated carbocycles. The molecule has 0 bridgehead atoms. The molecule has 0 saturated heterocycles. The van der Waals surface area contributed by atoms with Crippen LogP contribution in [-0.2, 0) is 7.05 Å². The van der Waals surface area contributed by atoms with Gasteiger partial charge >= 0.3 is 0 Å². The van der Waals surface area contributed by atoms with Gasteiger partial charge < -0.3 is 5.73 Å². The van der Waals surface area contributed by atoms with E-state index in [-0.39, 0.29) is 0 Å². The molecule has 0 unspecified atom stereocenters. The molecular weight excluding hydrogens is 176 g/mol. The zero-order chi connectivity index (χ0) is 8.55. The molecule has 0 aromatic carbocycles. The highest BCUT2D eigenvalue weighted by Crippen LogP contribution is 2.17. The predicted octanol–water partition coefficient (Wildman–Crippen LogP) is -0.0842. The minimum atomic E-state index is 0.387. The number of anilines is 1. The number of aromatic nitrogens is 5. The lowest BCUT2D eigenvalue weighted by Crippen LogP contribution is -1.97. The molecule has 2 rings (SSSR count). The summed E-state index contributed by atoms with van der Waals surface area (Å²) < 4.78 is 5.21. The largest absolute Gasteiger partial charge is 0.368 e. The highest BCUT2D eigenvalue weighted by atomic mass is 32.1. The van der Waals surface area contributed by atoms with Crippen LogP contribution in [0.2, 0.25) is 0 Å². The van der Waals surface area contributed by atoms with E-state index in [1.807, 2.05) is 0 Å². The van der Waals surface area contributed by atoms with Gasteiger partial charge in [0, 0.05) is 7.05 Å².